The third-order valence-electron chi connectivity index (χ3n) is 5.04. The lowest BCUT2D eigenvalue weighted by molar-refractivity contribution is -0.137. The third-order valence-corrected chi connectivity index (χ3v) is 6.93. The summed E-state index contributed by atoms with van der Waals surface area (Å²) in [6, 6.07) is 7.96. The van der Waals surface area contributed by atoms with Crippen molar-refractivity contribution < 1.29 is 21.6 Å². The molecule has 1 heterocycles. The van der Waals surface area contributed by atoms with Crippen LogP contribution in [0.1, 0.15) is 11.1 Å². The van der Waals surface area contributed by atoms with Gasteiger partial charge in [-0.3, -0.25) is 4.72 Å². The lowest BCUT2D eigenvalue weighted by Gasteiger charge is -2.25. The second-order valence-corrected chi connectivity index (χ2v) is 9.80. The molecule has 0 bridgehead atoms. The molecule has 0 amide bonds. The summed E-state index contributed by atoms with van der Waals surface area (Å²) >= 11 is 11.9. The maximum Gasteiger partial charge on any atom is 0.416 e. The van der Waals surface area contributed by atoms with E-state index in [-0.39, 0.29) is 29.2 Å². The van der Waals surface area contributed by atoms with Crippen LogP contribution < -0.4 is 15.7 Å². The van der Waals surface area contributed by atoms with E-state index in [4.69, 9.17) is 23.2 Å². The maximum atomic E-state index is 13.3. The number of rotatable bonds is 5. The number of hydrazine groups is 2. The monoisotopic (exact) mass is 504 g/mol. The molecular weight excluding hydrogens is 488 g/mol. The normalized spacial score (nSPS) is 21.3. The zero-order valence-electron chi connectivity index (χ0n) is 16.2. The van der Waals surface area contributed by atoms with Gasteiger partial charge in [0.2, 0.25) is 0 Å². The highest BCUT2D eigenvalue weighted by molar-refractivity contribution is 7.92. The van der Waals surface area contributed by atoms with E-state index < -0.39 is 21.8 Å². The van der Waals surface area contributed by atoms with Crippen LogP contribution in [0.2, 0.25) is 5.02 Å². The van der Waals surface area contributed by atoms with Crippen LogP contribution in [-0.4, -0.2) is 25.5 Å². The number of alkyl halides is 3. The molecule has 2 aliphatic rings. The summed E-state index contributed by atoms with van der Waals surface area (Å²) in [5, 5.41) is 2.58. The van der Waals surface area contributed by atoms with E-state index in [1.807, 2.05) is 6.08 Å². The van der Waals surface area contributed by atoms with Crippen LogP contribution in [0.3, 0.4) is 0 Å². The van der Waals surface area contributed by atoms with E-state index in [0.717, 1.165) is 12.1 Å². The number of fused-ring (bicyclic) bond motifs is 1. The standard InChI is InChI=1S/C20H17Cl2F3N4O2S/c21-14-3-6-16(7-4-14)32(30,31)27-18-9-13(20(23,24)25)2-1-12(18)11-29-19-10-15(22)5-8-17(19)26-28-29/h1-10,17,19,26-28H,11H2. The van der Waals surface area contributed by atoms with Crippen LogP contribution in [0, 0.1) is 0 Å². The molecule has 170 valence electrons. The van der Waals surface area contributed by atoms with Crippen molar-refractivity contribution in [2.75, 3.05) is 4.72 Å². The molecule has 0 radical (unpaired) electrons. The van der Waals surface area contributed by atoms with Crippen molar-refractivity contribution in [3.8, 4) is 0 Å². The summed E-state index contributed by atoms with van der Waals surface area (Å²) < 4.78 is 67.9. The van der Waals surface area contributed by atoms with Gasteiger partial charge < -0.3 is 0 Å². The molecule has 1 saturated heterocycles. The van der Waals surface area contributed by atoms with Crippen molar-refractivity contribution in [1.29, 1.82) is 0 Å². The zero-order chi connectivity index (χ0) is 23.1. The van der Waals surface area contributed by atoms with Crippen molar-refractivity contribution in [2.24, 2.45) is 0 Å². The molecule has 12 heteroatoms. The van der Waals surface area contributed by atoms with Crippen LogP contribution in [0.25, 0.3) is 0 Å². The van der Waals surface area contributed by atoms with Crippen LogP contribution in [0.15, 0.2) is 70.6 Å². The van der Waals surface area contributed by atoms with Crippen molar-refractivity contribution in [1.82, 2.24) is 16.0 Å². The molecule has 1 aliphatic heterocycles. The van der Waals surface area contributed by atoms with Crippen LogP contribution in [0.4, 0.5) is 18.9 Å². The summed E-state index contributed by atoms with van der Waals surface area (Å²) in [6.07, 6.45) is 0.754. The molecule has 2 aromatic carbocycles. The molecular formula is C20H17Cl2F3N4O2S. The Hall–Kier alpha value is -2.08. The summed E-state index contributed by atoms with van der Waals surface area (Å²) in [6.45, 7) is 0.0965. The number of hydrogen-bond donors (Lipinski definition) is 3. The third kappa shape index (κ3) is 4.95. The molecule has 6 nitrogen and oxygen atoms in total. The van der Waals surface area contributed by atoms with E-state index in [2.05, 4.69) is 15.7 Å². The number of hydrogen-bond acceptors (Lipinski definition) is 5. The lowest BCUT2D eigenvalue weighted by atomic mass is 10.0. The molecule has 2 aromatic rings. The van der Waals surface area contributed by atoms with E-state index in [0.29, 0.717) is 15.6 Å². The maximum absolute atomic E-state index is 13.3. The van der Waals surface area contributed by atoms with E-state index in [1.54, 1.807) is 17.2 Å². The van der Waals surface area contributed by atoms with Gasteiger partial charge in [-0.15, -0.1) is 0 Å². The molecule has 2 atom stereocenters. The molecule has 32 heavy (non-hydrogen) atoms. The summed E-state index contributed by atoms with van der Waals surface area (Å²) in [5.74, 6) is 0. The average molecular weight is 505 g/mol. The molecule has 3 N–H and O–H groups in total. The molecule has 0 saturated carbocycles. The zero-order valence-corrected chi connectivity index (χ0v) is 18.5. The Morgan fingerprint density at radius 3 is 2.50 bits per heavy atom. The fraction of sp³-hybridized carbons (Fsp3) is 0.200. The van der Waals surface area contributed by atoms with Gasteiger partial charge in [-0.05, 0) is 54.1 Å². The second-order valence-electron chi connectivity index (χ2n) is 7.24. The highest BCUT2D eigenvalue weighted by atomic mass is 35.5. The quantitative estimate of drug-likeness (QED) is 0.562. The fourth-order valence-corrected chi connectivity index (χ4v) is 4.83. The predicted molar refractivity (Wildman–Crippen MR) is 116 cm³/mol. The number of allylic oxidation sites excluding steroid dienone is 2. The van der Waals surface area contributed by atoms with Gasteiger partial charge in [-0.25, -0.2) is 18.9 Å². The Morgan fingerprint density at radius 1 is 1.09 bits per heavy atom. The number of halogens is 5. The highest BCUT2D eigenvalue weighted by Gasteiger charge is 2.35. The van der Waals surface area contributed by atoms with Crippen LogP contribution in [-0.2, 0) is 22.7 Å². The minimum absolute atomic E-state index is 0.0962. The SMILES string of the molecule is O=S(=O)(Nc1cc(C(F)(F)F)ccc1CN1NNC2C=CC(Cl)=CC21)c1ccc(Cl)cc1. The number of nitrogens with zero attached hydrogens (tertiary/aromatic N) is 1. The van der Waals surface area contributed by atoms with Crippen molar-refractivity contribution in [3.05, 3.63) is 81.9 Å². The van der Waals surface area contributed by atoms with Crippen molar-refractivity contribution in [2.45, 2.75) is 29.7 Å². The van der Waals surface area contributed by atoms with Crippen LogP contribution in [0.5, 0.6) is 0 Å². The van der Waals surface area contributed by atoms with Gasteiger partial charge in [0.15, 0.2) is 0 Å². The van der Waals surface area contributed by atoms with Gasteiger partial charge in [0.1, 0.15) is 0 Å². The molecule has 1 aliphatic carbocycles. The van der Waals surface area contributed by atoms with Gasteiger partial charge >= 0.3 is 6.18 Å². The van der Waals surface area contributed by atoms with Gasteiger partial charge in [0.05, 0.1) is 28.2 Å². The first-order valence-corrected chi connectivity index (χ1v) is 11.6. The topological polar surface area (TPSA) is 73.5 Å². The Bertz CT molecular complexity index is 1180. The summed E-state index contributed by atoms with van der Waals surface area (Å²) in [7, 11) is -4.16. The van der Waals surface area contributed by atoms with E-state index in [9.17, 15) is 21.6 Å². The Kier molecular flexibility index (Phi) is 6.27. The number of benzene rings is 2. The van der Waals surface area contributed by atoms with Crippen molar-refractivity contribution in [3.63, 3.8) is 0 Å². The molecule has 0 spiro atoms. The van der Waals surface area contributed by atoms with Crippen LogP contribution >= 0.6 is 23.2 Å². The highest BCUT2D eigenvalue weighted by Crippen LogP contribution is 2.34. The van der Waals surface area contributed by atoms with Gasteiger partial charge in [-0.1, -0.05) is 35.3 Å². The second kappa shape index (κ2) is 8.69. The largest absolute Gasteiger partial charge is 0.416 e. The molecule has 2 unspecified atom stereocenters. The Morgan fingerprint density at radius 2 is 1.81 bits per heavy atom. The summed E-state index contributed by atoms with van der Waals surface area (Å²) in [5.41, 5.74) is 5.18. The molecule has 4 rings (SSSR count). The Balaban J connectivity index is 1.67. The number of sulfonamides is 1. The van der Waals surface area contributed by atoms with E-state index in [1.165, 1.54) is 30.3 Å². The van der Waals surface area contributed by atoms with E-state index >= 15 is 0 Å². The van der Waals surface area contributed by atoms with Crippen molar-refractivity contribution >= 4 is 38.9 Å². The first-order chi connectivity index (χ1) is 15.0. The van der Waals surface area contributed by atoms with Gasteiger partial charge in [-0.2, -0.15) is 18.7 Å². The number of nitrogens with one attached hydrogen (secondary N) is 3. The first-order valence-electron chi connectivity index (χ1n) is 9.35. The molecule has 1 fully saturated rings. The first kappa shape index (κ1) is 23.1. The fourth-order valence-electron chi connectivity index (χ4n) is 3.41. The lowest BCUT2D eigenvalue weighted by Crippen LogP contribution is -2.39. The van der Waals surface area contributed by atoms with Gasteiger partial charge in [0.25, 0.3) is 10.0 Å². The van der Waals surface area contributed by atoms with Gasteiger partial charge in [0, 0.05) is 16.6 Å². The molecule has 0 aromatic heterocycles. The average Bonchev–Trinajstić information content (AvgIpc) is 3.10. The number of anilines is 1. The predicted octanol–water partition coefficient (Wildman–Crippen LogP) is 4.41. The smallest absolute Gasteiger partial charge is 0.279 e. The summed E-state index contributed by atoms with van der Waals surface area (Å²) in [4.78, 5) is -0.126. The minimum atomic E-state index is -4.64. The minimum Gasteiger partial charge on any atom is -0.279 e. The Labute approximate surface area is 192 Å².